The third kappa shape index (κ3) is 8.46. The highest BCUT2D eigenvalue weighted by molar-refractivity contribution is 6.38. The summed E-state index contributed by atoms with van der Waals surface area (Å²) >= 11 is 0. The van der Waals surface area contributed by atoms with Crippen molar-refractivity contribution < 1.29 is 28.8 Å². The molecule has 0 unspecified atom stereocenters. The predicted octanol–water partition coefficient (Wildman–Crippen LogP) is 2.50. The second kappa shape index (κ2) is 15.8. The zero-order valence-corrected chi connectivity index (χ0v) is 30.3. The number of rotatable bonds is 12. The molecule has 13 nitrogen and oxygen atoms in total. The average Bonchev–Trinajstić information content (AvgIpc) is 3.65. The van der Waals surface area contributed by atoms with E-state index in [-0.39, 0.29) is 53.6 Å². The molecule has 2 aliphatic heterocycles. The minimum atomic E-state index is -1.02. The molecule has 1 aromatic heterocycles. The standard InChI is InChI=1S/C36H55N7O6/c1-9-11-25(29(44)33(47)39-22(5)20(2)3)40-32(46)28-24-13-10-12-23(24)19-43(28)35(49)30(36(6,7)8)42-17-14-21(4)27(34(42)48)41-31(45)26-18-37-15-16-38-26/h15-16,18,20-25,27-28,30H,9-14,17,19H2,1-8H3,(H,39,47)(H,40,46)(H,41,45)/t21-,22-,23-,24-,25-,27-,28-,30+/m0/s1. The number of Topliss-reactive ketones (excluding diaryl/α,β-unsaturated/α-hetero) is 1. The number of carbonyl (C=O) groups is 6. The zero-order valence-electron chi connectivity index (χ0n) is 30.3. The Morgan fingerprint density at radius 2 is 1.73 bits per heavy atom. The van der Waals surface area contributed by atoms with Crippen molar-refractivity contribution in [1.29, 1.82) is 0 Å². The first-order chi connectivity index (χ1) is 23.1. The van der Waals surface area contributed by atoms with Gasteiger partial charge in [0.2, 0.25) is 23.5 Å². The lowest BCUT2D eigenvalue weighted by Crippen LogP contribution is -2.65. The number of fused-ring (bicyclic) bond motifs is 1. The van der Waals surface area contributed by atoms with Gasteiger partial charge in [0, 0.05) is 31.5 Å². The molecule has 1 aromatic rings. The van der Waals surface area contributed by atoms with E-state index in [1.807, 2.05) is 55.4 Å². The summed E-state index contributed by atoms with van der Waals surface area (Å²) in [6.07, 6.45) is 8.19. The highest BCUT2D eigenvalue weighted by atomic mass is 16.2. The first kappa shape index (κ1) is 37.9. The van der Waals surface area contributed by atoms with Crippen molar-refractivity contribution in [2.75, 3.05) is 13.1 Å². The van der Waals surface area contributed by atoms with Gasteiger partial charge >= 0.3 is 0 Å². The number of aromatic nitrogens is 2. The molecule has 3 heterocycles. The van der Waals surface area contributed by atoms with Gasteiger partial charge in [-0.2, -0.15) is 0 Å². The van der Waals surface area contributed by atoms with Gasteiger partial charge in [0.25, 0.3) is 11.8 Å². The molecule has 0 aromatic carbocycles. The Kier molecular flexibility index (Phi) is 12.2. The van der Waals surface area contributed by atoms with Crippen LogP contribution < -0.4 is 16.0 Å². The molecule has 2 saturated heterocycles. The van der Waals surface area contributed by atoms with Crippen molar-refractivity contribution in [3.63, 3.8) is 0 Å². The van der Waals surface area contributed by atoms with Gasteiger partial charge in [-0.05, 0) is 61.7 Å². The van der Waals surface area contributed by atoms with E-state index in [1.54, 1.807) is 9.80 Å². The molecule has 0 radical (unpaired) electrons. The zero-order chi connectivity index (χ0) is 36.2. The molecule has 8 atom stereocenters. The summed E-state index contributed by atoms with van der Waals surface area (Å²) in [6, 6.07) is -3.85. The van der Waals surface area contributed by atoms with Gasteiger partial charge in [-0.1, -0.05) is 61.3 Å². The monoisotopic (exact) mass is 681 g/mol. The van der Waals surface area contributed by atoms with Gasteiger partial charge in [0.05, 0.1) is 12.2 Å². The summed E-state index contributed by atoms with van der Waals surface area (Å²) in [5.74, 6) is -3.11. The topological polar surface area (TPSA) is 171 Å². The van der Waals surface area contributed by atoms with E-state index in [0.29, 0.717) is 25.9 Å². The Morgan fingerprint density at radius 1 is 1.02 bits per heavy atom. The van der Waals surface area contributed by atoms with Crippen LogP contribution in [0.3, 0.4) is 0 Å². The van der Waals surface area contributed by atoms with E-state index in [2.05, 4.69) is 25.9 Å². The lowest BCUT2D eigenvalue weighted by Gasteiger charge is -2.46. The number of nitrogens with one attached hydrogen (secondary N) is 3. The van der Waals surface area contributed by atoms with Crippen LogP contribution in [-0.4, -0.2) is 98.4 Å². The Morgan fingerprint density at radius 3 is 2.35 bits per heavy atom. The third-order valence-electron chi connectivity index (χ3n) is 10.6. The van der Waals surface area contributed by atoms with Crippen LogP contribution in [0.25, 0.3) is 0 Å². The van der Waals surface area contributed by atoms with Gasteiger partial charge < -0.3 is 25.8 Å². The van der Waals surface area contributed by atoms with Crippen molar-refractivity contribution in [1.82, 2.24) is 35.7 Å². The van der Waals surface area contributed by atoms with E-state index in [0.717, 1.165) is 19.3 Å². The fraction of sp³-hybridized carbons (Fsp3) is 0.722. The highest BCUT2D eigenvalue weighted by Crippen LogP contribution is 2.44. The van der Waals surface area contributed by atoms with E-state index in [4.69, 9.17) is 0 Å². The fourth-order valence-corrected chi connectivity index (χ4v) is 7.55. The molecular weight excluding hydrogens is 626 g/mol. The first-order valence-corrected chi connectivity index (χ1v) is 17.9. The maximum absolute atomic E-state index is 14.8. The number of hydrogen-bond donors (Lipinski definition) is 3. The minimum Gasteiger partial charge on any atom is -0.347 e. The summed E-state index contributed by atoms with van der Waals surface area (Å²) in [4.78, 5) is 93.5. The Hall–Kier alpha value is -3.90. The third-order valence-corrected chi connectivity index (χ3v) is 10.6. The van der Waals surface area contributed by atoms with Crippen LogP contribution in [0.4, 0.5) is 0 Å². The van der Waals surface area contributed by atoms with E-state index in [1.165, 1.54) is 18.6 Å². The molecule has 0 spiro atoms. The molecule has 5 amide bonds. The average molecular weight is 682 g/mol. The molecule has 270 valence electrons. The van der Waals surface area contributed by atoms with Crippen LogP contribution in [0, 0.1) is 29.1 Å². The van der Waals surface area contributed by atoms with Crippen molar-refractivity contribution in [2.24, 2.45) is 29.1 Å². The molecule has 49 heavy (non-hydrogen) atoms. The lowest BCUT2D eigenvalue weighted by atomic mass is 9.81. The number of ketones is 1. The van der Waals surface area contributed by atoms with Gasteiger partial charge in [-0.3, -0.25) is 33.8 Å². The number of piperidine rings is 1. The van der Waals surface area contributed by atoms with E-state index < -0.39 is 53.1 Å². The number of carbonyl (C=O) groups excluding carboxylic acids is 6. The molecule has 1 saturated carbocycles. The Labute approximate surface area is 290 Å². The van der Waals surface area contributed by atoms with Gasteiger partial charge in [0.15, 0.2) is 0 Å². The molecule has 3 aliphatic rings. The molecule has 3 N–H and O–H groups in total. The second-order valence-electron chi connectivity index (χ2n) is 15.6. The lowest BCUT2D eigenvalue weighted by molar-refractivity contribution is -0.157. The molecule has 3 fully saturated rings. The van der Waals surface area contributed by atoms with Gasteiger partial charge in [-0.25, -0.2) is 4.98 Å². The Balaban J connectivity index is 1.58. The van der Waals surface area contributed by atoms with Crippen LogP contribution in [0.15, 0.2) is 18.6 Å². The minimum absolute atomic E-state index is 0.0900. The second-order valence-corrected chi connectivity index (χ2v) is 15.6. The molecule has 0 bridgehead atoms. The van der Waals surface area contributed by atoms with Crippen LogP contribution >= 0.6 is 0 Å². The normalized spacial score (nSPS) is 25.7. The van der Waals surface area contributed by atoms with E-state index in [9.17, 15) is 28.8 Å². The summed E-state index contributed by atoms with van der Waals surface area (Å²) < 4.78 is 0. The highest BCUT2D eigenvalue weighted by Gasteiger charge is 2.54. The van der Waals surface area contributed by atoms with E-state index >= 15 is 0 Å². The summed E-state index contributed by atoms with van der Waals surface area (Å²) in [5, 5.41) is 8.45. The molecule has 13 heteroatoms. The van der Waals surface area contributed by atoms with Crippen molar-refractivity contribution >= 4 is 35.3 Å². The first-order valence-electron chi connectivity index (χ1n) is 17.9. The van der Waals surface area contributed by atoms with Crippen LogP contribution in [0.5, 0.6) is 0 Å². The van der Waals surface area contributed by atoms with Crippen molar-refractivity contribution in [3.8, 4) is 0 Å². The number of amides is 5. The van der Waals surface area contributed by atoms with Crippen molar-refractivity contribution in [2.45, 2.75) is 124 Å². The predicted molar refractivity (Wildman–Crippen MR) is 183 cm³/mol. The maximum atomic E-state index is 14.8. The maximum Gasteiger partial charge on any atom is 0.289 e. The molecular formula is C36H55N7O6. The van der Waals surface area contributed by atoms with Gasteiger partial charge in [-0.15, -0.1) is 0 Å². The smallest absolute Gasteiger partial charge is 0.289 e. The number of likely N-dealkylation sites (tertiary alicyclic amines) is 2. The quantitative estimate of drug-likeness (QED) is 0.283. The molecule has 1 aliphatic carbocycles. The number of nitrogens with zero attached hydrogens (tertiary/aromatic N) is 4. The summed E-state index contributed by atoms with van der Waals surface area (Å²) in [7, 11) is 0. The SMILES string of the molecule is CCC[C@H](NC(=O)[C@@H]1[C@H]2CCC[C@H]2CN1C(=O)[C@@H](N1CC[C@H](C)[C@H](NC(=O)c2cnccn2)C1=O)C(C)(C)C)C(=O)C(=O)N[C@@H](C)C(C)C. The van der Waals surface area contributed by atoms with Crippen LogP contribution in [-0.2, 0) is 24.0 Å². The van der Waals surface area contributed by atoms with Gasteiger partial charge in [0.1, 0.15) is 23.8 Å². The van der Waals surface area contributed by atoms with Crippen molar-refractivity contribution in [3.05, 3.63) is 24.3 Å². The molecule has 4 rings (SSSR count). The number of hydrogen-bond acceptors (Lipinski definition) is 8. The Bertz CT molecular complexity index is 1400. The summed E-state index contributed by atoms with van der Waals surface area (Å²) in [6.45, 7) is 15.9. The summed E-state index contributed by atoms with van der Waals surface area (Å²) in [5.41, 5.74) is -0.621. The largest absolute Gasteiger partial charge is 0.347 e. The fourth-order valence-electron chi connectivity index (χ4n) is 7.55. The van der Waals surface area contributed by atoms with Crippen LogP contribution in [0.2, 0.25) is 0 Å². The van der Waals surface area contributed by atoms with Crippen LogP contribution in [0.1, 0.15) is 104 Å².